The highest BCUT2D eigenvalue weighted by molar-refractivity contribution is 5.92. The largest absolute Gasteiger partial charge is 0.462 e. The molecule has 1 saturated heterocycles. The molecule has 2 atom stereocenters. The number of piperazine rings is 1. The van der Waals surface area contributed by atoms with Crippen molar-refractivity contribution in [1.82, 2.24) is 19.4 Å². The van der Waals surface area contributed by atoms with Gasteiger partial charge in [-0.05, 0) is 81.4 Å². The van der Waals surface area contributed by atoms with E-state index >= 15 is 0 Å². The third-order valence-electron chi connectivity index (χ3n) is 7.37. The van der Waals surface area contributed by atoms with Crippen LogP contribution in [0.2, 0.25) is 0 Å². The number of esters is 1. The molecule has 1 aliphatic rings. The first-order valence-corrected chi connectivity index (χ1v) is 13.6. The molecule has 0 saturated carbocycles. The van der Waals surface area contributed by atoms with E-state index < -0.39 is 5.97 Å². The fourth-order valence-corrected chi connectivity index (χ4v) is 5.17. The van der Waals surface area contributed by atoms with Crippen LogP contribution in [0.15, 0.2) is 77.6 Å². The van der Waals surface area contributed by atoms with Gasteiger partial charge < -0.3 is 15.0 Å². The summed E-state index contributed by atoms with van der Waals surface area (Å²) in [5, 5.41) is 3.39. The lowest BCUT2D eigenvalue weighted by Crippen LogP contribution is -2.55. The van der Waals surface area contributed by atoms with E-state index in [1.807, 2.05) is 26.0 Å². The van der Waals surface area contributed by atoms with E-state index in [2.05, 4.69) is 10.2 Å². The number of nitrogens with one attached hydrogen (secondary N) is 1. The van der Waals surface area contributed by atoms with Crippen molar-refractivity contribution in [2.75, 3.05) is 31.6 Å². The van der Waals surface area contributed by atoms with Gasteiger partial charge >= 0.3 is 12.0 Å². The number of amides is 2. The zero-order valence-corrected chi connectivity index (χ0v) is 23.2. The van der Waals surface area contributed by atoms with Crippen LogP contribution < -0.4 is 10.9 Å². The Morgan fingerprint density at radius 1 is 1.05 bits per heavy atom. The van der Waals surface area contributed by atoms with Crippen molar-refractivity contribution >= 4 is 28.6 Å². The van der Waals surface area contributed by atoms with Crippen molar-refractivity contribution in [3.05, 3.63) is 100 Å². The van der Waals surface area contributed by atoms with Gasteiger partial charge in [-0.15, -0.1) is 0 Å². The molecular weight excluding hydrogens is 525 g/mol. The van der Waals surface area contributed by atoms with E-state index in [-0.39, 0.29) is 29.5 Å². The van der Waals surface area contributed by atoms with Crippen LogP contribution in [0.4, 0.5) is 14.9 Å². The number of para-hydroxylation sites is 1. The first kappa shape index (κ1) is 28.0. The van der Waals surface area contributed by atoms with E-state index in [9.17, 15) is 18.8 Å². The molecule has 10 heteroatoms. The molecule has 9 nitrogen and oxygen atoms in total. The zero-order chi connectivity index (χ0) is 29.1. The lowest BCUT2D eigenvalue weighted by molar-refractivity contribution is 0.0526. The van der Waals surface area contributed by atoms with Crippen molar-refractivity contribution in [2.45, 2.75) is 32.9 Å². The molecule has 1 aromatic heterocycles. The number of hydrogen-bond donors (Lipinski definition) is 1. The van der Waals surface area contributed by atoms with Crippen LogP contribution >= 0.6 is 0 Å². The Morgan fingerprint density at radius 2 is 1.76 bits per heavy atom. The smallest absolute Gasteiger partial charge is 0.338 e. The monoisotopic (exact) mass is 557 g/mol. The number of halogens is 1. The Bertz CT molecular complexity index is 1620. The SMILES string of the molecule is CCOC(=O)c1ccc(NC(=O)N2CCN(C(C)c3nc4ccccc4c(=O)n3-c3ccc(F)cc3)CC2C)cc1. The van der Waals surface area contributed by atoms with Crippen molar-refractivity contribution < 1.29 is 18.7 Å². The van der Waals surface area contributed by atoms with Gasteiger partial charge in [-0.2, -0.15) is 0 Å². The Morgan fingerprint density at radius 3 is 2.44 bits per heavy atom. The predicted molar refractivity (Wildman–Crippen MR) is 155 cm³/mol. The van der Waals surface area contributed by atoms with Crippen molar-refractivity contribution in [2.24, 2.45) is 0 Å². The summed E-state index contributed by atoms with van der Waals surface area (Å²) in [6, 6.07) is 19.0. The van der Waals surface area contributed by atoms with Gasteiger partial charge in [-0.3, -0.25) is 14.3 Å². The highest BCUT2D eigenvalue weighted by Crippen LogP contribution is 2.26. The second kappa shape index (κ2) is 11.9. The van der Waals surface area contributed by atoms with Gasteiger partial charge in [0.2, 0.25) is 0 Å². The summed E-state index contributed by atoms with van der Waals surface area (Å²) in [5.74, 6) is -0.245. The Hall–Kier alpha value is -4.57. The molecule has 1 N–H and O–H groups in total. The maximum Gasteiger partial charge on any atom is 0.338 e. The second-order valence-electron chi connectivity index (χ2n) is 10.0. The Kier molecular flexibility index (Phi) is 8.11. The van der Waals surface area contributed by atoms with E-state index in [4.69, 9.17) is 9.72 Å². The molecule has 2 heterocycles. The molecule has 212 valence electrons. The summed E-state index contributed by atoms with van der Waals surface area (Å²) in [4.78, 5) is 47.5. The van der Waals surface area contributed by atoms with Crippen LogP contribution in [-0.4, -0.2) is 63.6 Å². The average molecular weight is 558 g/mol. The molecule has 0 bridgehead atoms. The normalized spacial score (nSPS) is 16.4. The van der Waals surface area contributed by atoms with Crippen LogP contribution in [-0.2, 0) is 4.74 Å². The summed E-state index contributed by atoms with van der Waals surface area (Å²) in [6.45, 7) is 7.59. The van der Waals surface area contributed by atoms with Crippen LogP contribution in [0, 0.1) is 5.82 Å². The summed E-state index contributed by atoms with van der Waals surface area (Å²) < 4.78 is 20.3. The number of hydrogen-bond acceptors (Lipinski definition) is 6. The number of carbonyl (C=O) groups is 2. The highest BCUT2D eigenvalue weighted by atomic mass is 19.1. The number of ether oxygens (including phenoxy) is 1. The fraction of sp³-hybridized carbons (Fsp3) is 0.290. The van der Waals surface area contributed by atoms with Crippen molar-refractivity contribution in [1.29, 1.82) is 0 Å². The molecule has 1 aliphatic heterocycles. The third kappa shape index (κ3) is 5.83. The number of aromatic nitrogens is 2. The van der Waals surface area contributed by atoms with Crippen LogP contribution in [0.3, 0.4) is 0 Å². The molecule has 0 spiro atoms. The number of fused-ring (bicyclic) bond motifs is 1. The summed E-state index contributed by atoms with van der Waals surface area (Å²) >= 11 is 0. The number of anilines is 1. The van der Waals surface area contributed by atoms with E-state index in [0.717, 1.165) is 0 Å². The molecule has 2 amide bonds. The standard InChI is InChI=1S/C31H32FN5O4/c1-4-41-30(39)22-9-13-24(14-10-22)33-31(40)36-18-17-35(19-20(36)2)21(3)28-34-27-8-6-5-7-26(27)29(38)37(28)25-15-11-23(32)12-16-25/h5-16,20-21H,4,17-19H2,1-3H3,(H,33,40). The van der Waals surface area contributed by atoms with E-state index in [0.29, 0.717) is 59.9 Å². The van der Waals surface area contributed by atoms with E-state index in [1.165, 1.54) is 12.1 Å². The zero-order valence-electron chi connectivity index (χ0n) is 23.2. The highest BCUT2D eigenvalue weighted by Gasteiger charge is 2.32. The Balaban J connectivity index is 1.34. The van der Waals surface area contributed by atoms with Gasteiger partial charge in [0.15, 0.2) is 0 Å². The lowest BCUT2D eigenvalue weighted by Gasteiger charge is -2.42. The Labute approximate surface area is 237 Å². The minimum Gasteiger partial charge on any atom is -0.462 e. The number of rotatable bonds is 6. The number of carbonyl (C=O) groups excluding carboxylic acids is 2. The average Bonchev–Trinajstić information content (AvgIpc) is 2.97. The van der Waals surface area contributed by atoms with Gasteiger partial charge in [-0.25, -0.2) is 19.0 Å². The minimum atomic E-state index is -0.407. The van der Waals surface area contributed by atoms with Crippen molar-refractivity contribution in [3.63, 3.8) is 0 Å². The molecule has 2 unspecified atom stereocenters. The molecule has 3 aromatic carbocycles. The second-order valence-corrected chi connectivity index (χ2v) is 10.0. The number of urea groups is 1. The topological polar surface area (TPSA) is 96.8 Å². The van der Waals surface area contributed by atoms with Crippen molar-refractivity contribution in [3.8, 4) is 5.69 Å². The molecule has 41 heavy (non-hydrogen) atoms. The third-order valence-corrected chi connectivity index (χ3v) is 7.37. The van der Waals surface area contributed by atoms with Gasteiger partial charge in [0, 0.05) is 31.4 Å². The minimum absolute atomic E-state index is 0.128. The molecular formula is C31H32FN5O4. The summed E-state index contributed by atoms with van der Waals surface area (Å²) in [7, 11) is 0. The molecule has 4 aromatic rings. The first-order valence-electron chi connectivity index (χ1n) is 13.6. The quantitative estimate of drug-likeness (QED) is 0.335. The van der Waals surface area contributed by atoms with E-state index in [1.54, 1.807) is 64.9 Å². The maximum absolute atomic E-state index is 13.7. The fourth-order valence-electron chi connectivity index (χ4n) is 5.17. The number of nitrogens with zero attached hydrogens (tertiary/aromatic N) is 4. The van der Waals surface area contributed by atoms with Gasteiger partial charge in [-0.1, -0.05) is 12.1 Å². The number of benzene rings is 3. The van der Waals surface area contributed by atoms with Gasteiger partial charge in [0.1, 0.15) is 11.6 Å². The maximum atomic E-state index is 13.7. The summed E-state index contributed by atoms with van der Waals surface area (Å²) in [6.07, 6.45) is 0. The predicted octanol–water partition coefficient (Wildman–Crippen LogP) is 5.00. The lowest BCUT2D eigenvalue weighted by atomic mass is 10.1. The molecule has 1 fully saturated rings. The molecule has 0 radical (unpaired) electrons. The molecule has 0 aliphatic carbocycles. The van der Waals surface area contributed by atoms with Crippen LogP contribution in [0.25, 0.3) is 16.6 Å². The van der Waals surface area contributed by atoms with Crippen LogP contribution in [0.1, 0.15) is 43.0 Å². The summed E-state index contributed by atoms with van der Waals surface area (Å²) in [5.41, 5.74) is 1.91. The van der Waals surface area contributed by atoms with Gasteiger partial charge in [0.05, 0.1) is 34.8 Å². The van der Waals surface area contributed by atoms with Gasteiger partial charge in [0.25, 0.3) is 5.56 Å². The van der Waals surface area contributed by atoms with Crippen LogP contribution in [0.5, 0.6) is 0 Å². The first-order chi connectivity index (χ1) is 19.8. The molecule has 5 rings (SSSR count).